The molecule has 3 nitrogen and oxygen atoms in total. The molecule has 0 unspecified atom stereocenters. The van der Waals surface area contributed by atoms with Crippen LogP contribution in [-0.2, 0) is 11.3 Å². The van der Waals surface area contributed by atoms with E-state index in [2.05, 4.69) is 10.6 Å². The monoisotopic (exact) mass is 314 g/mol. The van der Waals surface area contributed by atoms with Gasteiger partial charge >= 0.3 is 0 Å². The van der Waals surface area contributed by atoms with Crippen molar-refractivity contribution in [2.45, 2.75) is 25.8 Å². The average Bonchev–Trinajstić information content (AvgIpc) is 2.46. The molecule has 22 heavy (non-hydrogen) atoms. The summed E-state index contributed by atoms with van der Waals surface area (Å²) in [5.41, 5.74) is 3.05. The molecule has 1 saturated carbocycles. The quantitative estimate of drug-likeness (QED) is 0.840. The standard InChI is InChI=1S/C18H19ClN2O/c19-15-6-4-13(5-7-15)12-20-16-8-10-17(11-9-16)21-18(22)14-2-1-3-14/h4-11,14,20H,1-3,12H2,(H,21,22). The topological polar surface area (TPSA) is 41.1 Å². The summed E-state index contributed by atoms with van der Waals surface area (Å²) >= 11 is 5.87. The third-order valence-electron chi connectivity index (χ3n) is 4.04. The van der Waals surface area contributed by atoms with E-state index in [-0.39, 0.29) is 11.8 Å². The molecule has 2 aromatic carbocycles. The van der Waals surface area contributed by atoms with Crippen molar-refractivity contribution in [3.8, 4) is 0 Å². The third-order valence-corrected chi connectivity index (χ3v) is 4.29. The molecule has 0 radical (unpaired) electrons. The van der Waals surface area contributed by atoms with Gasteiger partial charge in [-0.15, -0.1) is 0 Å². The molecular weight excluding hydrogens is 296 g/mol. The Morgan fingerprint density at radius 1 is 1.00 bits per heavy atom. The first-order valence-electron chi connectivity index (χ1n) is 7.60. The molecule has 0 spiro atoms. The number of rotatable bonds is 5. The molecular formula is C18H19ClN2O. The molecule has 1 aliphatic carbocycles. The Balaban J connectivity index is 1.52. The lowest BCUT2D eigenvalue weighted by Crippen LogP contribution is -2.27. The van der Waals surface area contributed by atoms with E-state index in [0.29, 0.717) is 0 Å². The maximum Gasteiger partial charge on any atom is 0.227 e. The Bertz CT molecular complexity index is 633. The third kappa shape index (κ3) is 3.80. The number of carbonyl (C=O) groups is 1. The van der Waals surface area contributed by atoms with Crippen molar-refractivity contribution in [1.82, 2.24) is 0 Å². The van der Waals surface area contributed by atoms with Crippen LogP contribution in [0.5, 0.6) is 0 Å². The number of amides is 1. The van der Waals surface area contributed by atoms with Crippen molar-refractivity contribution in [1.29, 1.82) is 0 Å². The Morgan fingerprint density at radius 2 is 1.64 bits per heavy atom. The van der Waals surface area contributed by atoms with Crippen LogP contribution in [0, 0.1) is 5.92 Å². The lowest BCUT2D eigenvalue weighted by molar-refractivity contribution is -0.122. The van der Waals surface area contributed by atoms with Gasteiger partial charge in [0.25, 0.3) is 0 Å². The summed E-state index contributed by atoms with van der Waals surface area (Å²) in [6.07, 6.45) is 3.21. The van der Waals surface area contributed by atoms with Crippen molar-refractivity contribution in [3.63, 3.8) is 0 Å². The molecule has 114 valence electrons. The van der Waals surface area contributed by atoms with Gasteiger partial charge in [0.1, 0.15) is 0 Å². The number of anilines is 2. The van der Waals surface area contributed by atoms with Gasteiger partial charge in [-0.3, -0.25) is 4.79 Å². The molecule has 4 heteroatoms. The van der Waals surface area contributed by atoms with E-state index in [1.807, 2.05) is 48.5 Å². The molecule has 2 N–H and O–H groups in total. The Morgan fingerprint density at radius 3 is 2.23 bits per heavy atom. The number of halogens is 1. The fraction of sp³-hybridized carbons (Fsp3) is 0.278. The fourth-order valence-electron chi connectivity index (χ4n) is 2.39. The predicted octanol–water partition coefficient (Wildman–Crippen LogP) is 4.69. The van der Waals surface area contributed by atoms with Crippen molar-refractivity contribution in [2.75, 3.05) is 10.6 Å². The summed E-state index contributed by atoms with van der Waals surface area (Å²) in [5.74, 6) is 0.357. The first-order valence-corrected chi connectivity index (χ1v) is 7.98. The second-order valence-corrected chi connectivity index (χ2v) is 6.11. The molecule has 1 amide bonds. The Kier molecular flexibility index (Phi) is 4.64. The lowest BCUT2D eigenvalue weighted by Gasteiger charge is -2.24. The van der Waals surface area contributed by atoms with Crippen molar-refractivity contribution in [2.24, 2.45) is 5.92 Å². The molecule has 0 heterocycles. The first kappa shape index (κ1) is 14.9. The minimum Gasteiger partial charge on any atom is -0.381 e. The van der Waals surface area contributed by atoms with E-state index < -0.39 is 0 Å². The molecule has 0 aliphatic heterocycles. The highest BCUT2D eigenvalue weighted by Gasteiger charge is 2.24. The molecule has 0 saturated heterocycles. The minimum absolute atomic E-state index is 0.146. The number of carbonyl (C=O) groups excluding carboxylic acids is 1. The van der Waals surface area contributed by atoms with Crippen molar-refractivity contribution >= 4 is 28.9 Å². The maximum absolute atomic E-state index is 11.9. The van der Waals surface area contributed by atoms with Gasteiger partial charge in [0.15, 0.2) is 0 Å². The largest absolute Gasteiger partial charge is 0.381 e. The smallest absolute Gasteiger partial charge is 0.227 e. The molecule has 1 fully saturated rings. The van der Waals surface area contributed by atoms with Crippen LogP contribution in [0.25, 0.3) is 0 Å². The highest BCUT2D eigenvalue weighted by Crippen LogP contribution is 2.27. The Labute approximate surface area is 135 Å². The number of benzene rings is 2. The average molecular weight is 315 g/mol. The van der Waals surface area contributed by atoms with Crippen LogP contribution in [0.4, 0.5) is 11.4 Å². The normalized spacial score (nSPS) is 14.2. The summed E-state index contributed by atoms with van der Waals surface area (Å²) in [7, 11) is 0. The van der Waals surface area contributed by atoms with E-state index in [1.165, 1.54) is 12.0 Å². The number of hydrogen-bond donors (Lipinski definition) is 2. The summed E-state index contributed by atoms with van der Waals surface area (Å²) in [6, 6.07) is 15.6. The summed E-state index contributed by atoms with van der Waals surface area (Å²) in [4.78, 5) is 11.9. The number of hydrogen-bond acceptors (Lipinski definition) is 2. The Hall–Kier alpha value is -2.00. The maximum atomic E-state index is 11.9. The van der Waals surface area contributed by atoms with Crippen LogP contribution < -0.4 is 10.6 Å². The molecule has 0 atom stereocenters. The van der Waals surface area contributed by atoms with E-state index in [9.17, 15) is 4.79 Å². The van der Waals surface area contributed by atoms with Crippen LogP contribution in [0.15, 0.2) is 48.5 Å². The molecule has 0 aromatic heterocycles. The van der Waals surface area contributed by atoms with Gasteiger partial charge < -0.3 is 10.6 Å². The SMILES string of the molecule is O=C(Nc1ccc(NCc2ccc(Cl)cc2)cc1)C1CCC1. The van der Waals surface area contributed by atoms with E-state index >= 15 is 0 Å². The van der Waals surface area contributed by atoms with E-state index in [0.717, 1.165) is 35.8 Å². The summed E-state index contributed by atoms with van der Waals surface area (Å²) < 4.78 is 0. The van der Waals surface area contributed by atoms with Gasteiger partial charge in [0, 0.05) is 28.9 Å². The van der Waals surface area contributed by atoms with Crippen LogP contribution in [-0.4, -0.2) is 5.91 Å². The molecule has 0 bridgehead atoms. The van der Waals surface area contributed by atoms with Crippen LogP contribution in [0.2, 0.25) is 5.02 Å². The number of nitrogens with one attached hydrogen (secondary N) is 2. The lowest BCUT2D eigenvalue weighted by atomic mass is 9.85. The second-order valence-electron chi connectivity index (χ2n) is 5.67. The summed E-state index contributed by atoms with van der Waals surface area (Å²) in [6.45, 7) is 0.741. The van der Waals surface area contributed by atoms with Gasteiger partial charge in [0.05, 0.1) is 0 Å². The van der Waals surface area contributed by atoms with Crippen LogP contribution in [0.1, 0.15) is 24.8 Å². The van der Waals surface area contributed by atoms with E-state index in [4.69, 9.17) is 11.6 Å². The highest BCUT2D eigenvalue weighted by atomic mass is 35.5. The highest BCUT2D eigenvalue weighted by molar-refractivity contribution is 6.30. The molecule has 1 aliphatic rings. The predicted molar refractivity (Wildman–Crippen MR) is 91.2 cm³/mol. The van der Waals surface area contributed by atoms with E-state index in [1.54, 1.807) is 0 Å². The fourth-order valence-corrected chi connectivity index (χ4v) is 2.52. The van der Waals surface area contributed by atoms with Crippen LogP contribution >= 0.6 is 11.6 Å². The van der Waals surface area contributed by atoms with Gasteiger partial charge in [-0.05, 0) is 54.8 Å². The molecule has 3 rings (SSSR count). The second kappa shape index (κ2) is 6.84. The van der Waals surface area contributed by atoms with Crippen molar-refractivity contribution in [3.05, 3.63) is 59.1 Å². The van der Waals surface area contributed by atoms with Gasteiger partial charge in [0.2, 0.25) is 5.91 Å². The minimum atomic E-state index is 0.146. The zero-order valence-corrected chi connectivity index (χ0v) is 13.1. The van der Waals surface area contributed by atoms with Gasteiger partial charge in [-0.2, -0.15) is 0 Å². The van der Waals surface area contributed by atoms with Crippen LogP contribution in [0.3, 0.4) is 0 Å². The van der Waals surface area contributed by atoms with Gasteiger partial charge in [-0.1, -0.05) is 30.2 Å². The first-order chi connectivity index (χ1) is 10.7. The zero-order chi connectivity index (χ0) is 15.4. The molecule has 2 aromatic rings. The van der Waals surface area contributed by atoms with Gasteiger partial charge in [-0.25, -0.2) is 0 Å². The summed E-state index contributed by atoms with van der Waals surface area (Å²) in [5, 5.41) is 7.07. The zero-order valence-electron chi connectivity index (χ0n) is 12.3. The van der Waals surface area contributed by atoms with Crippen molar-refractivity contribution < 1.29 is 4.79 Å².